The summed E-state index contributed by atoms with van der Waals surface area (Å²) >= 11 is 0. The Bertz CT molecular complexity index is 688. The van der Waals surface area contributed by atoms with Gasteiger partial charge in [0.2, 0.25) is 0 Å². The lowest BCUT2D eigenvalue weighted by molar-refractivity contribution is 0.249. The maximum Gasteiger partial charge on any atom is 0.142 e. The summed E-state index contributed by atoms with van der Waals surface area (Å²) in [5, 5.41) is 4.57. The van der Waals surface area contributed by atoms with Crippen molar-refractivity contribution in [1.29, 1.82) is 0 Å². The summed E-state index contributed by atoms with van der Waals surface area (Å²) < 4.78 is 0. The molecule has 0 radical (unpaired) electrons. The highest BCUT2D eigenvalue weighted by Crippen LogP contribution is 2.30. The van der Waals surface area contributed by atoms with Gasteiger partial charge in [-0.05, 0) is 17.2 Å². The van der Waals surface area contributed by atoms with E-state index in [9.17, 15) is 0 Å². The molecule has 0 fully saturated rings. The quantitative estimate of drug-likeness (QED) is 0.854. The van der Waals surface area contributed by atoms with E-state index in [4.69, 9.17) is 0 Å². The highest BCUT2D eigenvalue weighted by Gasteiger charge is 2.27. The molecule has 20 heavy (non-hydrogen) atoms. The average molecular weight is 261 g/mol. The van der Waals surface area contributed by atoms with Crippen LogP contribution in [-0.2, 0) is 0 Å². The van der Waals surface area contributed by atoms with Gasteiger partial charge in [0, 0.05) is 11.8 Å². The van der Waals surface area contributed by atoms with Crippen LogP contribution in [0.2, 0.25) is 0 Å². The summed E-state index contributed by atoms with van der Waals surface area (Å²) in [5.74, 6) is 0. The number of nitrogens with zero attached hydrogens (tertiary/aromatic N) is 2. The molecule has 2 aromatic rings. The van der Waals surface area contributed by atoms with E-state index < -0.39 is 0 Å². The van der Waals surface area contributed by atoms with Crippen molar-refractivity contribution in [2.45, 2.75) is 6.17 Å². The van der Waals surface area contributed by atoms with Crippen LogP contribution in [0.3, 0.4) is 0 Å². The molecule has 0 aromatic heterocycles. The van der Waals surface area contributed by atoms with Crippen molar-refractivity contribution in [1.82, 2.24) is 10.3 Å². The van der Waals surface area contributed by atoms with Crippen LogP contribution in [0, 0.1) is 0 Å². The Morgan fingerprint density at radius 3 is 2.70 bits per heavy atom. The molecule has 3 heteroatoms. The predicted octanol–water partition coefficient (Wildman–Crippen LogP) is 2.98. The van der Waals surface area contributed by atoms with Crippen LogP contribution in [0.15, 0.2) is 65.9 Å². The first-order chi connectivity index (χ1) is 9.92. The van der Waals surface area contributed by atoms with Gasteiger partial charge in [0.05, 0.1) is 12.3 Å². The molecule has 98 valence electrons. The van der Waals surface area contributed by atoms with Crippen LogP contribution in [0.4, 0.5) is 0 Å². The molecule has 2 aliphatic heterocycles. The Hall–Kier alpha value is -2.55. The zero-order valence-corrected chi connectivity index (χ0v) is 11.0. The summed E-state index contributed by atoms with van der Waals surface area (Å²) in [6.07, 6.45) is 4.46. The van der Waals surface area contributed by atoms with Crippen LogP contribution in [-0.4, -0.2) is 17.2 Å². The number of fused-ring (bicyclic) bond motifs is 3. The second-order valence-corrected chi connectivity index (χ2v) is 5.07. The molecule has 1 N–H and O–H groups in total. The van der Waals surface area contributed by atoms with Crippen LogP contribution in [0.5, 0.6) is 0 Å². The van der Waals surface area contributed by atoms with Crippen molar-refractivity contribution in [3.63, 3.8) is 0 Å². The zero-order chi connectivity index (χ0) is 13.4. The molecule has 4 rings (SSSR count). The molecule has 2 heterocycles. The Morgan fingerprint density at radius 1 is 1.00 bits per heavy atom. The van der Waals surface area contributed by atoms with E-state index in [0.29, 0.717) is 0 Å². The van der Waals surface area contributed by atoms with Crippen LogP contribution in [0.25, 0.3) is 6.08 Å². The van der Waals surface area contributed by atoms with Gasteiger partial charge >= 0.3 is 0 Å². The van der Waals surface area contributed by atoms with E-state index in [1.165, 1.54) is 16.7 Å². The predicted molar refractivity (Wildman–Crippen MR) is 81.0 cm³/mol. The van der Waals surface area contributed by atoms with Gasteiger partial charge in [0.15, 0.2) is 0 Å². The molecule has 0 saturated heterocycles. The van der Waals surface area contributed by atoms with Gasteiger partial charge in [-0.3, -0.25) is 5.43 Å². The van der Waals surface area contributed by atoms with Crippen molar-refractivity contribution in [3.05, 3.63) is 77.5 Å². The van der Waals surface area contributed by atoms with E-state index >= 15 is 0 Å². The molecule has 2 aromatic carbocycles. The molecular formula is C17H15N3. The fourth-order valence-electron chi connectivity index (χ4n) is 2.77. The van der Waals surface area contributed by atoms with Crippen molar-refractivity contribution in [2.75, 3.05) is 6.54 Å². The van der Waals surface area contributed by atoms with Gasteiger partial charge in [-0.15, -0.1) is 0 Å². The molecule has 0 saturated carbocycles. The van der Waals surface area contributed by atoms with E-state index in [-0.39, 0.29) is 6.17 Å². The van der Waals surface area contributed by atoms with Gasteiger partial charge in [-0.2, -0.15) is 5.10 Å². The lowest BCUT2D eigenvalue weighted by Crippen LogP contribution is -2.43. The van der Waals surface area contributed by atoms with E-state index in [0.717, 1.165) is 12.3 Å². The van der Waals surface area contributed by atoms with Crippen molar-refractivity contribution < 1.29 is 0 Å². The third-order valence-corrected chi connectivity index (χ3v) is 3.83. The van der Waals surface area contributed by atoms with Crippen LogP contribution >= 0.6 is 0 Å². The molecule has 0 amide bonds. The number of hydrogen-bond acceptors (Lipinski definition) is 3. The fourth-order valence-corrected chi connectivity index (χ4v) is 2.77. The van der Waals surface area contributed by atoms with Crippen molar-refractivity contribution in [3.8, 4) is 0 Å². The first-order valence-electron chi connectivity index (χ1n) is 6.82. The third kappa shape index (κ3) is 1.79. The number of nitrogens with one attached hydrogen (secondary N) is 1. The molecule has 0 spiro atoms. The Labute approximate surface area is 118 Å². The molecule has 2 aliphatic rings. The van der Waals surface area contributed by atoms with E-state index in [1.54, 1.807) is 0 Å². The lowest BCUT2D eigenvalue weighted by Gasteiger charge is -2.37. The monoisotopic (exact) mass is 261 g/mol. The summed E-state index contributed by atoms with van der Waals surface area (Å²) in [4.78, 5) is 2.29. The number of hydrogen-bond donors (Lipinski definition) is 1. The van der Waals surface area contributed by atoms with Gasteiger partial charge in [-0.1, -0.05) is 54.6 Å². The summed E-state index contributed by atoms with van der Waals surface area (Å²) in [5.41, 5.74) is 8.08. The second-order valence-electron chi connectivity index (χ2n) is 5.07. The molecule has 0 unspecified atom stereocenters. The average Bonchev–Trinajstić information content (AvgIpc) is 2.55. The normalized spacial score (nSPS) is 19.7. The Morgan fingerprint density at radius 2 is 1.80 bits per heavy atom. The third-order valence-electron chi connectivity index (χ3n) is 3.83. The topological polar surface area (TPSA) is 27.6 Å². The van der Waals surface area contributed by atoms with Crippen LogP contribution in [0.1, 0.15) is 22.9 Å². The number of rotatable bonds is 1. The molecule has 0 bridgehead atoms. The minimum absolute atomic E-state index is 0.142. The van der Waals surface area contributed by atoms with Gasteiger partial charge in [-0.25, -0.2) is 0 Å². The maximum atomic E-state index is 4.57. The van der Waals surface area contributed by atoms with Gasteiger partial charge < -0.3 is 4.90 Å². The minimum Gasteiger partial charge on any atom is -0.347 e. The highest BCUT2D eigenvalue weighted by molar-refractivity contribution is 6.02. The standard InChI is InChI=1S/C17H15N3/c1-2-7-14(8-3-1)16-12-20-11-10-13-6-4-5-9-15(13)17(20)19-18-16/h1-11,17,19H,12H2/t17-/m1/s1. The molecule has 1 atom stereocenters. The zero-order valence-electron chi connectivity index (χ0n) is 11.0. The first kappa shape index (κ1) is 11.3. The smallest absolute Gasteiger partial charge is 0.142 e. The lowest BCUT2D eigenvalue weighted by atomic mass is 10.00. The summed E-state index contributed by atoms with van der Waals surface area (Å²) in [6.45, 7) is 0.826. The maximum absolute atomic E-state index is 4.57. The Balaban J connectivity index is 1.69. The number of benzene rings is 2. The molecule has 0 aliphatic carbocycles. The minimum atomic E-state index is 0.142. The van der Waals surface area contributed by atoms with E-state index in [2.05, 4.69) is 64.1 Å². The van der Waals surface area contributed by atoms with Crippen molar-refractivity contribution >= 4 is 11.8 Å². The Kier molecular flexibility index (Phi) is 2.56. The van der Waals surface area contributed by atoms with Gasteiger partial charge in [0.1, 0.15) is 6.17 Å². The fraction of sp³-hybridized carbons (Fsp3) is 0.118. The number of hydrazone groups is 1. The van der Waals surface area contributed by atoms with Gasteiger partial charge in [0.25, 0.3) is 0 Å². The summed E-state index contributed by atoms with van der Waals surface area (Å²) in [7, 11) is 0. The SMILES string of the molecule is C1=CN2CC(c3ccccc3)=NN[C@H]2c2ccccc21. The van der Waals surface area contributed by atoms with Crippen LogP contribution < -0.4 is 5.43 Å². The highest BCUT2D eigenvalue weighted by atomic mass is 15.4. The molecule has 3 nitrogen and oxygen atoms in total. The molecular weight excluding hydrogens is 246 g/mol. The second kappa shape index (κ2) is 4.53. The van der Waals surface area contributed by atoms with E-state index in [1.807, 2.05) is 18.2 Å². The van der Waals surface area contributed by atoms with Crippen molar-refractivity contribution in [2.24, 2.45) is 5.10 Å². The summed E-state index contributed by atoms with van der Waals surface area (Å²) in [6, 6.07) is 18.8. The largest absolute Gasteiger partial charge is 0.347 e. The first-order valence-corrected chi connectivity index (χ1v) is 6.82.